The summed E-state index contributed by atoms with van der Waals surface area (Å²) in [5, 5.41) is 4.37. The van der Waals surface area contributed by atoms with E-state index in [1.165, 1.54) is 12.1 Å². The van der Waals surface area contributed by atoms with E-state index in [0.717, 1.165) is 19.4 Å². The molecule has 0 N–H and O–H groups in total. The average Bonchev–Trinajstić information content (AvgIpc) is 3.00. The molecule has 116 valence electrons. The first-order valence-electron chi connectivity index (χ1n) is 7.36. The van der Waals surface area contributed by atoms with Crippen molar-refractivity contribution in [2.75, 3.05) is 13.1 Å². The molecule has 1 saturated heterocycles. The van der Waals surface area contributed by atoms with Crippen molar-refractivity contribution in [1.29, 1.82) is 0 Å². The number of likely N-dealkylation sites (tertiary alicyclic amines) is 1. The van der Waals surface area contributed by atoms with Crippen LogP contribution in [0.3, 0.4) is 0 Å². The number of nitrogens with zero attached hydrogens (tertiary/aromatic N) is 3. The van der Waals surface area contributed by atoms with Crippen LogP contribution in [0.25, 0.3) is 0 Å². The van der Waals surface area contributed by atoms with Gasteiger partial charge in [-0.15, -0.1) is 0 Å². The molecular weight excluding hydrogens is 305 g/mol. The highest BCUT2D eigenvalue weighted by Crippen LogP contribution is 2.24. The molecule has 22 heavy (non-hydrogen) atoms. The summed E-state index contributed by atoms with van der Waals surface area (Å²) < 4.78 is 15.8. The molecule has 2 aromatic rings. The van der Waals surface area contributed by atoms with Crippen molar-refractivity contribution in [3.8, 4) is 0 Å². The molecule has 0 bridgehead atoms. The SMILES string of the molecule is O=C(c1c(F)cccc1Cl)N1CCC(Cn2cccn2)CC1. The van der Waals surface area contributed by atoms with Crippen LogP contribution >= 0.6 is 11.6 Å². The predicted octanol–water partition coefficient (Wildman–Crippen LogP) is 3.23. The molecule has 3 rings (SSSR count). The van der Waals surface area contributed by atoms with Gasteiger partial charge in [0.25, 0.3) is 5.91 Å². The third kappa shape index (κ3) is 3.14. The van der Waals surface area contributed by atoms with Crippen LogP contribution in [-0.2, 0) is 6.54 Å². The number of amides is 1. The Morgan fingerprint density at radius 2 is 2.09 bits per heavy atom. The molecule has 1 aliphatic rings. The van der Waals surface area contributed by atoms with Crippen LogP contribution in [0.15, 0.2) is 36.7 Å². The number of hydrogen-bond donors (Lipinski definition) is 0. The van der Waals surface area contributed by atoms with Gasteiger partial charge in [-0.2, -0.15) is 5.10 Å². The topological polar surface area (TPSA) is 38.1 Å². The second-order valence-corrected chi connectivity index (χ2v) is 5.97. The maximum absolute atomic E-state index is 13.8. The van der Waals surface area contributed by atoms with Gasteiger partial charge in [-0.05, 0) is 37.0 Å². The first-order chi connectivity index (χ1) is 10.6. The largest absolute Gasteiger partial charge is 0.338 e. The number of hydrogen-bond acceptors (Lipinski definition) is 2. The molecule has 1 aromatic heterocycles. The van der Waals surface area contributed by atoms with Crippen molar-refractivity contribution in [3.63, 3.8) is 0 Å². The van der Waals surface area contributed by atoms with Gasteiger partial charge < -0.3 is 4.90 Å². The lowest BCUT2D eigenvalue weighted by molar-refractivity contribution is 0.0677. The summed E-state index contributed by atoms with van der Waals surface area (Å²) in [4.78, 5) is 14.1. The normalized spacial score (nSPS) is 16.0. The van der Waals surface area contributed by atoms with Gasteiger partial charge in [0.2, 0.25) is 0 Å². The zero-order valence-corrected chi connectivity index (χ0v) is 12.8. The maximum atomic E-state index is 13.8. The zero-order chi connectivity index (χ0) is 15.5. The van der Waals surface area contributed by atoms with Crippen LogP contribution in [0, 0.1) is 11.7 Å². The number of carbonyl (C=O) groups excluding carboxylic acids is 1. The third-order valence-electron chi connectivity index (χ3n) is 4.08. The van der Waals surface area contributed by atoms with Gasteiger partial charge >= 0.3 is 0 Å². The summed E-state index contributed by atoms with van der Waals surface area (Å²) >= 11 is 5.97. The van der Waals surface area contributed by atoms with Gasteiger partial charge in [-0.25, -0.2) is 4.39 Å². The van der Waals surface area contributed by atoms with E-state index in [0.29, 0.717) is 19.0 Å². The fourth-order valence-corrected chi connectivity index (χ4v) is 3.10. The van der Waals surface area contributed by atoms with Crippen molar-refractivity contribution in [1.82, 2.24) is 14.7 Å². The van der Waals surface area contributed by atoms with Crippen LogP contribution in [0.5, 0.6) is 0 Å². The first-order valence-corrected chi connectivity index (χ1v) is 7.73. The van der Waals surface area contributed by atoms with Crippen molar-refractivity contribution in [2.24, 2.45) is 5.92 Å². The number of aromatic nitrogens is 2. The Morgan fingerprint density at radius 3 is 2.73 bits per heavy atom. The van der Waals surface area contributed by atoms with Crippen molar-refractivity contribution in [3.05, 3.63) is 53.1 Å². The van der Waals surface area contributed by atoms with Gasteiger partial charge in [0, 0.05) is 32.0 Å². The van der Waals surface area contributed by atoms with Gasteiger partial charge in [0.1, 0.15) is 5.82 Å². The molecule has 1 aromatic carbocycles. The van der Waals surface area contributed by atoms with Gasteiger partial charge in [0.15, 0.2) is 0 Å². The zero-order valence-electron chi connectivity index (χ0n) is 12.1. The molecule has 1 fully saturated rings. The van der Waals surface area contributed by atoms with Crippen LogP contribution in [0.1, 0.15) is 23.2 Å². The van der Waals surface area contributed by atoms with E-state index in [2.05, 4.69) is 5.10 Å². The first kappa shape index (κ1) is 15.0. The highest BCUT2D eigenvalue weighted by molar-refractivity contribution is 6.33. The molecule has 4 nitrogen and oxygen atoms in total. The summed E-state index contributed by atoms with van der Waals surface area (Å²) in [7, 11) is 0. The number of halogens is 2. The molecule has 6 heteroatoms. The third-order valence-corrected chi connectivity index (χ3v) is 4.40. The van der Waals surface area contributed by atoms with E-state index >= 15 is 0 Å². The van der Waals surface area contributed by atoms with Crippen molar-refractivity contribution in [2.45, 2.75) is 19.4 Å². The summed E-state index contributed by atoms with van der Waals surface area (Å²) in [6, 6.07) is 6.22. The van der Waals surface area contributed by atoms with E-state index in [1.54, 1.807) is 17.2 Å². The molecular formula is C16H17ClFN3O. The van der Waals surface area contributed by atoms with E-state index < -0.39 is 5.82 Å². The Balaban J connectivity index is 1.62. The van der Waals surface area contributed by atoms with E-state index in [9.17, 15) is 9.18 Å². The number of carbonyl (C=O) groups is 1. The summed E-state index contributed by atoms with van der Waals surface area (Å²) in [5.74, 6) is -0.392. The molecule has 0 aliphatic carbocycles. The Morgan fingerprint density at radius 1 is 1.32 bits per heavy atom. The minimum absolute atomic E-state index is 0.0188. The van der Waals surface area contributed by atoms with Gasteiger partial charge in [0.05, 0.1) is 10.6 Å². The van der Waals surface area contributed by atoms with Gasteiger partial charge in [-0.3, -0.25) is 9.48 Å². The average molecular weight is 322 g/mol. The second-order valence-electron chi connectivity index (χ2n) is 5.56. The monoisotopic (exact) mass is 321 g/mol. The predicted molar refractivity (Wildman–Crippen MR) is 82.3 cm³/mol. The second kappa shape index (κ2) is 6.48. The Bertz CT molecular complexity index is 631. The lowest BCUT2D eigenvalue weighted by Crippen LogP contribution is -2.39. The van der Waals surface area contributed by atoms with Gasteiger partial charge in [-0.1, -0.05) is 17.7 Å². The minimum Gasteiger partial charge on any atom is -0.338 e. The van der Waals surface area contributed by atoms with Crippen molar-refractivity contribution >= 4 is 17.5 Å². The number of piperidine rings is 1. The molecule has 0 unspecified atom stereocenters. The smallest absolute Gasteiger partial charge is 0.258 e. The van der Waals surface area contributed by atoms with Crippen LogP contribution < -0.4 is 0 Å². The molecule has 1 aliphatic heterocycles. The quantitative estimate of drug-likeness (QED) is 0.870. The maximum Gasteiger partial charge on any atom is 0.258 e. The van der Waals surface area contributed by atoms with E-state index in [4.69, 9.17) is 11.6 Å². The van der Waals surface area contributed by atoms with E-state index in [1.807, 2.05) is 16.9 Å². The lowest BCUT2D eigenvalue weighted by Gasteiger charge is -2.32. The molecule has 0 spiro atoms. The molecule has 1 amide bonds. The number of benzene rings is 1. The summed E-state index contributed by atoms with van der Waals surface area (Å²) in [6.45, 7) is 2.10. The highest BCUT2D eigenvalue weighted by atomic mass is 35.5. The van der Waals surface area contributed by atoms with Crippen LogP contribution in [0.2, 0.25) is 5.02 Å². The standard InChI is InChI=1S/C16H17ClFN3O/c17-13-3-1-4-14(18)15(13)16(22)20-9-5-12(6-10-20)11-21-8-2-7-19-21/h1-4,7-8,12H,5-6,9-11H2. The van der Waals surface area contributed by atoms with E-state index in [-0.39, 0.29) is 16.5 Å². The highest BCUT2D eigenvalue weighted by Gasteiger charge is 2.26. The Labute approximate surface area is 133 Å². The van der Waals surface area contributed by atoms with Crippen LogP contribution in [-0.4, -0.2) is 33.7 Å². The van der Waals surface area contributed by atoms with Crippen LogP contribution in [0.4, 0.5) is 4.39 Å². The molecule has 0 radical (unpaired) electrons. The Kier molecular flexibility index (Phi) is 4.43. The molecule has 0 atom stereocenters. The van der Waals surface area contributed by atoms with Crippen molar-refractivity contribution < 1.29 is 9.18 Å². The number of rotatable bonds is 3. The minimum atomic E-state index is -0.559. The molecule has 0 saturated carbocycles. The summed E-state index contributed by atoms with van der Waals surface area (Å²) in [6.07, 6.45) is 5.48. The molecule has 2 heterocycles. The fraction of sp³-hybridized carbons (Fsp3) is 0.375. The summed E-state index contributed by atoms with van der Waals surface area (Å²) in [5.41, 5.74) is -0.0188. The fourth-order valence-electron chi connectivity index (χ4n) is 2.85. The lowest BCUT2D eigenvalue weighted by atomic mass is 9.96. The Hall–Kier alpha value is -1.88.